The van der Waals surface area contributed by atoms with Crippen molar-refractivity contribution in [3.63, 3.8) is 0 Å². The van der Waals surface area contributed by atoms with Gasteiger partial charge < -0.3 is 14.2 Å². The van der Waals surface area contributed by atoms with Crippen molar-refractivity contribution in [1.29, 1.82) is 0 Å². The Bertz CT molecular complexity index is 527. The molecule has 0 saturated carbocycles. The molecule has 1 atom stereocenters. The summed E-state index contributed by atoms with van der Waals surface area (Å²) in [5.41, 5.74) is 0.508. The van der Waals surface area contributed by atoms with Crippen LogP contribution in [-0.4, -0.2) is 22.9 Å². The molecule has 24 heavy (non-hydrogen) atoms. The van der Waals surface area contributed by atoms with Gasteiger partial charge in [-0.15, -0.1) is 0 Å². The minimum Gasteiger partial charge on any atom is -0.484 e. The monoisotopic (exact) mass is 336 g/mol. The predicted octanol–water partition coefficient (Wildman–Crippen LogP) is 5.79. The highest BCUT2D eigenvalue weighted by Crippen LogP contribution is 2.34. The first-order valence-electron chi connectivity index (χ1n) is 8.83. The first-order chi connectivity index (χ1) is 10.6. The van der Waals surface area contributed by atoms with Crippen molar-refractivity contribution in [1.82, 2.24) is 0 Å². The summed E-state index contributed by atoms with van der Waals surface area (Å²) in [4.78, 5) is 0. The van der Waals surface area contributed by atoms with Crippen molar-refractivity contribution in [3.8, 4) is 11.5 Å². The number of hydrogen-bond acceptors (Lipinski definition) is 3. The van der Waals surface area contributed by atoms with Crippen LogP contribution >= 0.6 is 0 Å². The zero-order valence-electron chi connectivity index (χ0n) is 17.2. The minimum atomic E-state index is -0.276. The Balaban J connectivity index is 3.02. The summed E-state index contributed by atoms with van der Waals surface area (Å²) >= 11 is 0. The average Bonchev–Trinajstić information content (AvgIpc) is 2.26. The average molecular weight is 337 g/mol. The highest BCUT2D eigenvalue weighted by Gasteiger charge is 2.21. The topological polar surface area (TPSA) is 27.7 Å². The van der Waals surface area contributed by atoms with Crippen molar-refractivity contribution >= 4 is 0 Å². The maximum Gasteiger partial charge on any atom is 0.162 e. The lowest BCUT2D eigenvalue weighted by molar-refractivity contribution is -0.0504. The number of hydrogen-bond donors (Lipinski definition) is 0. The summed E-state index contributed by atoms with van der Waals surface area (Å²) in [6, 6.07) is 6.18. The van der Waals surface area contributed by atoms with Crippen LogP contribution in [0.25, 0.3) is 0 Å². The van der Waals surface area contributed by atoms with Gasteiger partial charge in [0, 0.05) is 0 Å². The van der Waals surface area contributed by atoms with Gasteiger partial charge in [0.1, 0.15) is 11.2 Å². The van der Waals surface area contributed by atoms with Gasteiger partial charge in [0.25, 0.3) is 0 Å². The van der Waals surface area contributed by atoms with E-state index in [2.05, 4.69) is 39.8 Å². The molecule has 0 aromatic heterocycles. The second kappa shape index (κ2) is 7.35. The van der Waals surface area contributed by atoms with Gasteiger partial charge in [0.15, 0.2) is 11.5 Å². The fourth-order valence-electron chi connectivity index (χ4n) is 2.48. The Labute approximate surface area is 148 Å². The van der Waals surface area contributed by atoms with Gasteiger partial charge in [-0.2, -0.15) is 0 Å². The first-order valence-corrected chi connectivity index (χ1v) is 8.83. The zero-order valence-corrected chi connectivity index (χ0v) is 17.2. The lowest BCUT2D eigenvalue weighted by atomic mass is 10.1. The molecule has 0 fully saturated rings. The fraction of sp³-hybridized carbons (Fsp3) is 0.714. The molecule has 0 aliphatic carbocycles. The molecule has 0 saturated heterocycles. The summed E-state index contributed by atoms with van der Waals surface area (Å²) < 4.78 is 18.2. The van der Waals surface area contributed by atoms with Crippen LogP contribution < -0.4 is 9.47 Å². The van der Waals surface area contributed by atoms with E-state index in [9.17, 15) is 0 Å². The molecule has 0 spiro atoms. The predicted molar refractivity (Wildman–Crippen MR) is 101 cm³/mol. The highest BCUT2D eigenvalue weighted by molar-refractivity contribution is 5.44. The molecule has 0 bridgehead atoms. The van der Waals surface area contributed by atoms with Crippen molar-refractivity contribution in [2.24, 2.45) is 0 Å². The van der Waals surface area contributed by atoms with Crippen molar-refractivity contribution < 1.29 is 14.2 Å². The van der Waals surface area contributed by atoms with Crippen LogP contribution in [0, 0.1) is 0 Å². The van der Waals surface area contributed by atoms with Gasteiger partial charge in [-0.05, 0) is 93.4 Å². The van der Waals surface area contributed by atoms with Crippen LogP contribution in [0.3, 0.4) is 0 Å². The molecule has 0 heterocycles. The molecule has 1 aromatic rings. The summed E-state index contributed by atoms with van der Waals surface area (Å²) in [7, 11) is 0. The second-order valence-corrected chi connectivity index (χ2v) is 9.45. The van der Waals surface area contributed by atoms with Crippen LogP contribution in [0.2, 0.25) is 0 Å². The molecule has 1 unspecified atom stereocenters. The lowest BCUT2D eigenvalue weighted by Crippen LogP contribution is -2.27. The molecule has 0 amide bonds. The SMILES string of the molecule is CC(Cc1ccc(OC(C)(C)C)c(OC(C)(C)C)c1)OC(C)(C)C. The van der Waals surface area contributed by atoms with E-state index < -0.39 is 0 Å². The Morgan fingerprint density at radius 3 is 1.71 bits per heavy atom. The molecular weight excluding hydrogens is 300 g/mol. The standard InChI is InChI=1S/C21H36O3/c1-15(22-19(2,3)4)13-16-11-12-17(23-20(5,6)7)18(14-16)24-21(8,9)10/h11-12,14-15H,13H2,1-10H3. The molecule has 0 aliphatic rings. The summed E-state index contributed by atoms with van der Waals surface area (Å²) in [5.74, 6) is 1.57. The third-order valence-electron chi connectivity index (χ3n) is 2.92. The smallest absolute Gasteiger partial charge is 0.162 e. The Morgan fingerprint density at radius 2 is 1.25 bits per heavy atom. The van der Waals surface area contributed by atoms with E-state index in [0.29, 0.717) is 0 Å². The molecule has 0 radical (unpaired) electrons. The van der Waals surface area contributed by atoms with Gasteiger partial charge in [-0.1, -0.05) is 6.07 Å². The Kier molecular flexibility index (Phi) is 6.37. The highest BCUT2D eigenvalue weighted by atomic mass is 16.5. The van der Waals surface area contributed by atoms with Crippen LogP contribution in [0.15, 0.2) is 18.2 Å². The number of benzene rings is 1. The van der Waals surface area contributed by atoms with E-state index >= 15 is 0 Å². The Hall–Kier alpha value is -1.22. The maximum atomic E-state index is 6.14. The van der Waals surface area contributed by atoms with Crippen LogP contribution in [0.1, 0.15) is 74.8 Å². The van der Waals surface area contributed by atoms with E-state index in [1.807, 2.05) is 47.6 Å². The summed E-state index contributed by atoms with van der Waals surface area (Å²) in [5, 5.41) is 0. The minimum absolute atomic E-state index is 0.139. The van der Waals surface area contributed by atoms with Crippen molar-refractivity contribution in [3.05, 3.63) is 23.8 Å². The summed E-state index contributed by atoms with van der Waals surface area (Å²) in [6.45, 7) is 20.6. The van der Waals surface area contributed by atoms with Gasteiger partial charge in [0.2, 0.25) is 0 Å². The van der Waals surface area contributed by atoms with E-state index in [0.717, 1.165) is 17.9 Å². The Morgan fingerprint density at radius 1 is 0.750 bits per heavy atom. The third kappa shape index (κ3) is 8.58. The molecule has 3 nitrogen and oxygen atoms in total. The van der Waals surface area contributed by atoms with Gasteiger partial charge >= 0.3 is 0 Å². The van der Waals surface area contributed by atoms with Gasteiger partial charge in [0.05, 0.1) is 11.7 Å². The lowest BCUT2D eigenvalue weighted by Gasteiger charge is -2.28. The zero-order chi connectivity index (χ0) is 18.8. The summed E-state index contributed by atoms with van der Waals surface area (Å²) in [6.07, 6.45) is 0.981. The van der Waals surface area contributed by atoms with E-state index in [1.165, 1.54) is 5.56 Å². The van der Waals surface area contributed by atoms with Crippen LogP contribution in [0.5, 0.6) is 11.5 Å². The van der Waals surface area contributed by atoms with E-state index in [1.54, 1.807) is 0 Å². The van der Waals surface area contributed by atoms with Crippen LogP contribution in [0.4, 0.5) is 0 Å². The number of ether oxygens (including phenoxy) is 3. The van der Waals surface area contributed by atoms with Crippen molar-refractivity contribution in [2.45, 2.75) is 98.6 Å². The van der Waals surface area contributed by atoms with Crippen molar-refractivity contribution in [2.75, 3.05) is 0 Å². The van der Waals surface area contributed by atoms with E-state index in [-0.39, 0.29) is 22.9 Å². The number of rotatable bonds is 5. The molecule has 1 aromatic carbocycles. The fourth-order valence-corrected chi connectivity index (χ4v) is 2.48. The molecule has 3 heteroatoms. The first kappa shape index (κ1) is 20.8. The van der Waals surface area contributed by atoms with E-state index in [4.69, 9.17) is 14.2 Å². The van der Waals surface area contributed by atoms with Gasteiger partial charge in [-0.25, -0.2) is 0 Å². The normalized spacial score (nSPS) is 14.4. The third-order valence-corrected chi connectivity index (χ3v) is 2.92. The quantitative estimate of drug-likeness (QED) is 0.681. The van der Waals surface area contributed by atoms with Crippen LogP contribution in [-0.2, 0) is 11.2 Å². The molecule has 0 aliphatic heterocycles. The molecule has 138 valence electrons. The molecule has 1 rings (SSSR count). The van der Waals surface area contributed by atoms with Gasteiger partial charge in [-0.3, -0.25) is 0 Å². The molecular formula is C21H36O3. The maximum absolute atomic E-state index is 6.14. The molecule has 0 N–H and O–H groups in total. The largest absolute Gasteiger partial charge is 0.484 e. The second-order valence-electron chi connectivity index (χ2n) is 9.45.